The van der Waals surface area contributed by atoms with Crippen molar-refractivity contribution in [3.8, 4) is 0 Å². The minimum atomic E-state index is -1.59. The lowest BCUT2D eigenvalue weighted by molar-refractivity contribution is -0.138. The van der Waals surface area contributed by atoms with Gasteiger partial charge in [-0.15, -0.1) is 0 Å². The Morgan fingerprint density at radius 1 is 0.657 bits per heavy atom. The van der Waals surface area contributed by atoms with Crippen LogP contribution in [0.5, 0.6) is 0 Å². The van der Waals surface area contributed by atoms with Gasteiger partial charge < -0.3 is 69.5 Å². The van der Waals surface area contributed by atoms with E-state index in [9.17, 15) is 48.3 Å². The first kappa shape index (κ1) is 54.3. The van der Waals surface area contributed by atoms with Crippen molar-refractivity contribution < 1.29 is 48.3 Å². The maximum atomic E-state index is 14.5. The van der Waals surface area contributed by atoms with Gasteiger partial charge in [-0.2, -0.15) is 0 Å². The third-order valence-electron chi connectivity index (χ3n) is 10.8. The van der Waals surface area contributed by atoms with Crippen LogP contribution in [0.4, 0.5) is 0 Å². The second-order valence-corrected chi connectivity index (χ2v) is 16.5. The highest BCUT2D eigenvalue weighted by Crippen LogP contribution is 2.20. The highest BCUT2D eigenvalue weighted by molar-refractivity contribution is 5.98. The molecule has 4 aromatic rings. The molecule has 70 heavy (non-hydrogen) atoms. The van der Waals surface area contributed by atoms with Crippen LogP contribution in [0.3, 0.4) is 0 Å². The molecule has 8 amide bonds. The number of rotatable bonds is 29. The molecule has 0 spiro atoms. The zero-order chi connectivity index (χ0) is 51.2. The molecule has 0 radical (unpaired) electrons. The number of H-pyrrole nitrogens is 2. The Morgan fingerprint density at radius 3 is 1.81 bits per heavy atom. The van der Waals surface area contributed by atoms with Gasteiger partial charge in [-0.05, 0) is 36.5 Å². The molecule has 0 unspecified atom stereocenters. The number of carboxylic acids is 1. The number of carbonyl (C=O) groups excluding carboxylic acids is 8. The fraction of sp³-hybridized carbons (Fsp3) is 0.413. The lowest BCUT2D eigenvalue weighted by Crippen LogP contribution is -2.60. The number of fused-ring (bicyclic) bond motifs is 1. The van der Waals surface area contributed by atoms with Crippen molar-refractivity contribution in [2.45, 2.75) is 108 Å². The minimum absolute atomic E-state index is 0.0445. The van der Waals surface area contributed by atoms with Gasteiger partial charge in [0.05, 0.1) is 12.7 Å². The number of nitrogens with one attached hydrogen (secondary N) is 9. The second-order valence-electron chi connectivity index (χ2n) is 16.5. The van der Waals surface area contributed by atoms with E-state index < -0.39 is 102 Å². The summed E-state index contributed by atoms with van der Waals surface area (Å²) in [5, 5.41) is 28.0. The van der Waals surface area contributed by atoms with Crippen molar-refractivity contribution in [1.29, 1.82) is 0 Å². The average Bonchev–Trinajstić information content (AvgIpc) is 3.99. The summed E-state index contributed by atoms with van der Waals surface area (Å²) in [5.74, 6) is -8.14. The van der Waals surface area contributed by atoms with Crippen LogP contribution in [0.25, 0.3) is 10.9 Å². The lowest BCUT2D eigenvalue weighted by Gasteiger charge is -2.27. The topological polar surface area (TPSA) is 393 Å². The molecular weight excluding hydrogens is 909 g/mol. The fourth-order valence-electron chi connectivity index (χ4n) is 7.37. The summed E-state index contributed by atoms with van der Waals surface area (Å²) in [6, 6.07) is 7.55. The third kappa shape index (κ3) is 18.1. The Morgan fingerprint density at radius 2 is 1.21 bits per heavy atom. The molecule has 2 aromatic carbocycles. The van der Waals surface area contributed by atoms with E-state index >= 15 is 0 Å². The van der Waals surface area contributed by atoms with Crippen LogP contribution in [0.1, 0.15) is 69.2 Å². The van der Waals surface area contributed by atoms with E-state index in [4.69, 9.17) is 17.2 Å². The first-order valence-corrected chi connectivity index (χ1v) is 22.6. The number of unbranched alkanes of at least 4 members (excludes halogenated alkanes) is 1. The number of benzene rings is 2. The number of amides is 8. The molecule has 16 N–H and O–H groups in total. The summed E-state index contributed by atoms with van der Waals surface area (Å²) >= 11 is 0. The SMILES string of the molecule is CCCC[C@H](NC(C)=O)C(=O)N[C@@H](CC(N)=O)C(=O)N[C@@H](Cc1cnc[nH]1)C(=O)N[C@H](Cc1ccccc1)C(=O)N[C@@H](CCCN=C(N)N)C(=O)N[C@H](Cc1c[nH]c2ccccc12)C(=O)NCC(=O)O. The van der Waals surface area contributed by atoms with Crippen molar-refractivity contribution >= 4 is 70.1 Å². The van der Waals surface area contributed by atoms with Crippen molar-refractivity contribution in [1.82, 2.24) is 52.2 Å². The molecular formula is C46H62N14O10. The first-order valence-electron chi connectivity index (χ1n) is 22.6. The molecule has 24 nitrogen and oxygen atoms in total. The molecule has 0 aliphatic rings. The second kappa shape index (κ2) is 27.5. The number of aliphatic carboxylic acids is 1. The van der Waals surface area contributed by atoms with Gasteiger partial charge in [-0.25, -0.2) is 4.98 Å². The lowest BCUT2D eigenvalue weighted by atomic mass is 10.0. The molecule has 4 rings (SSSR count). The van der Waals surface area contributed by atoms with Crippen LogP contribution in [0, 0.1) is 0 Å². The zero-order valence-corrected chi connectivity index (χ0v) is 38.9. The largest absolute Gasteiger partial charge is 0.480 e. The van der Waals surface area contributed by atoms with Crippen molar-refractivity contribution in [2.75, 3.05) is 13.1 Å². The van der Waals surface area contributed by atoms with Crippen LogP contribution < -0.4 is 54.4 Å². The van der Waals surface area contributed by atoms with Crippen LogP contribution in [-0.4, -0.2) is 129 Å². The van der Waals surface area contributed by atoms with Crippen molar-refractivity contribution in [2.24, 2.45) is 22.2 Å². The number of nitrogens with zero attached hydrogens (tertiary/aromatic N) is 2. The van der Waals surface area contributed by atoms with Gasteiger partial charge in [0.15, 0.2) is 5.96 Å². The molecule has 0 saturated heterocycles. The smallest absolute Gasteiger partial charge is 0.322 e. The van der Waals surface area contributed by atoms with Crippen LogP contribution in [-0.2, 0) is 62.4 Å². The number of primary amides is 1. The number of nitrogens with two attached hydrogens (primary N) is 3. The normalized spacial score (nSPS) is 13.5. The number of hydrogen-bond acceptors (Lipinski definition) is 11. The van der Waals surface area contributed by atoms with Crippen molar-refractivity contribution in [3.05, 3.63) is 90.1 Å². The molecule has 2 heterocycles. The molecule has 376 valence electrons. The summed E-state index contributed by atoms with van der Waals surface area (Å²) in [7, 11) is 0. The third-order valence-corrected chi connectivity index (χ3v) is 10.8. The van der Waals surface area contributed by atoms with E-state index in [2.05, 4.69) is 57.2 Å². The molecule has 0 bridgehead atoms. The van der Waals surface area contributed by atoms with Gasteiger partial charge >= 0.3 is 5.97 Å². The van der Waals surface area contributed by atoms with Gasteiger partial charge in [0.2, 0.25) is 47.3 Å². The number of aliphatic imine (C=N–C) groups is 1. The Kier molecular flexibility index (Phi) is 21.3. The summed E-state index contributed by atoms with van der Waals surface area (Å²) < 4.78 is 0. The quantitative estimate of drug-likeness (QED) is 0.0162. The standard InChI is InChI=1S/C46H62N14O10/c1-3-4-14-32(55-26(2)61)41(66)60-37(21-38(47)62)45(70)59-36(20-29-23-50-25-54-29)44(69)57-34(18-27-11-6-5-7-12-27)43(68)56-33(16-10-17-51-46(48)49)42(67)58-35(40(65)53-24-39(63)64)19-28-22-52-31-15-9-8-13-30(28)31/h5-9,11-13,15,22-23,25,32-37,52H,3-4,10,14,16-21,24H2,1-2H3,(H2,47,62)(H,50,54)(H,53,65)(H,55,61)(H,56,68)(H,57,69)(H,58,67)(H,59,70)(H,60,66)(H,63,64)(H4,48,49,51)/t32-,33-,34+,35+,36-,37-/m0/s1. The van der Waals surface area contributed by atoms with Gasteiger partial charge in [0.1, 0.15) is 42.8 Å². The summed E-state index contributed by atoms with van der Waals surface area (Å²) in [4.78, 5) is 133. The predicted molar refractivity (Wildman–Crippen MR) is 256 cm³/mol. The van der Waals surface area contributed by atoms with E-state index in [1.165, 1.54) is 19.4 Å². The maximum Gasteiger partial charge on any atom is 0.322 e. The van der Waals surface area contributed by atoms with E-state index in [0.29, 0.717) is 29.7 Å². The molecule has 6 atom stereocenters. The van der Waals surface area contributed by atoms with E-state index in [0.717, 1.165) is 10.9 Å². The molecule has 24 heteroatoms. The molecule has 0 fully saturated rings. The summed E-state index contributed by atoms with van der Waals surface area (Å²) in [6.07, 6.45) is 4.83. The number of carbonyl (C=O) groups is 9. The van der Waals surface area contributed by atoms with Gasteiger partial charge in [-0.3, -0.25) is 48.1 Å². The first-order chi connectivity index (χ1) is 33.4. The number of aromatic nitrogens is 3. The number of carboxylic acid groups (broad SMARTS) is 1. The zero-order valence-electron chi connectivity index (χ0n) is 38.9. The number of aromatic amines is 2. The van der Waals surface area contributed by atoms with Gasteiger partial charge in [-0.1, -0.05) is 68.3 Å². The Hall–Kier alpha value is -8.31. The maximum absolute atomic E-state index is 14.5. The van der Waals surface area contributed by atoms with Crippen LogP contribution >= 0.6 is 0 Å². The number of para-hydroxylation sites is 1. The monoisotopic (exact) mass is 970 g/mol. The van der Waals surface area contributed by atoms with E-state index in [1.807, 2.05) is 25.1 Å². The van der Waals surface area contributed by atoms with Gasteiger partial charge in [0.25, 0.3) is 0 Å². The van der Waals surface area contributed by atoms with Crippen LogP contribution in [0.2, 0.25) is 0 Å². The summed E-state index contributed by atoms with van der Waals surface area (Å²) in [5.41, 5.74) is 18.9. The van der Waals surface area contributed by atoms with Crippen LogP contribution in [0.15, 0.2) is 78.3 Å². The molecule has 2 aromatic heterocycles. The Balaban J connectivity index is 1.65. The van der Waals surface area contributed by atoms with E-state index in [-0.39, 0.29) is 51.0 Å². The minimum Gasteiger partial charge on any atom is -0.480 e. The fourth-order valence-corrected chi connectivity index (χ4v) is 7.37. The Bertz CT molecular complexity index is 2460. The summed E-state index contributed by atoms with van der Waals surface area (Å²) in [6.45, 7) is 2.42. The number of guanidine groups is 1. The average molecular weight is 971 g/mol. The predicted octanol–water partition coefficient (Wildman–Crippen LogP) is -1.83. The number of imidazole rings is 1. The van der Waals surface area contributed by atoms with Crippen molar-refractivity contribution in [3.63, 3.8) is 0 Å². The number of hydrogen-bond donors (Lipinski definition) is 13. The molecule has 0 aliphatic heterocycles. The highest BCUT2D eigenvalue weighted by atomic mass is 16.4. The molecule has 0 aliphatic carbocycles. The molecule has 0 saturated carbocycles. The van der Waals surface area contributed by atoms with Gasteiger partial charge in [0, 0.05) is 61.7 Å². The Labute approximate surface area is 402 Å². The highest BCUT2D eigenvalue weighted by Gasteiger charge is 2.34. The van der Waals surface area contributed by atoms with E-state index in [1.54, 1.807) is 42.6 Å².